The molecular formula is C14H19BN2O3. The molecule has 6 heteroatoms. The Morgan fingerprint density at radius 2 is 1.75 bits per heavy atom. The number of rotatable bonds is 2. The maximum absolute atomic E-state index is 6.06. The van der Waals surface area contributed by atoms with Gasteiger partial charge in [-0.15, -0.1) is 0 Å². The van der Waals surface area contributed by atoms with Crippen LogP contribution in [-0.4, -0.2) is 30.5 Å². The fourth-order valence-electron chi connectivity index (χ4n) is 2.26. The summed E-state index contributed by atoms with van der Waals surface area (Å²) >= 11 is 0. The van der Waals surface area contributed by atoms with E-state index >= 15 is 0 Å². The van der Waals surface area contributed by atoms with E-state index in [4.69, 9.17) is 13.8 Å². The molecule has 1 aromatic heterocycles. The highest BCUT2D eigenvalue weighted by Gasteiger charge is 2.51. The van der Waals surface area contributed by atoms with Crippen LogP contribution in [-0.2, 0) is 9.31 Å². The SMILES string of the molecule is CNc1noc2ccc(B3OC(C)(C)C(C)(C)O3)cc12. The van der Waals surface area contributed by atoms with Gasteiger partial charge in [0.05, 0.1) is 16.6 Å². The lowest BCUT2D eigenvalue weighted by atomic mass is 9.78. The molecule has 1 aliphatic rings. The molecule has 2 heterocycles. The number of nitrogens with one attached hydrogen (secondary N) is 1. The molecule has 0 bridgehead atoms. The monoisotopic (exact) mass is 274 g/mol. The van der Waals surface area contributed by atoms with Gasteiger partial charge in [-0.3, -0.25) is 0 Å². The minimum atomic E-state index is -0.371. The lowest BCUT2D eigenvalue weighted by Gasteiger charge is -2.32. The van der Waals surface area contributed by atoms with Gasteiger partial charge < -0.3 is 19.1 Å². The van der Waals surface area contributed by atoms with E-state index in [1.54, 1.807) is 0 Å². The van der Waals surface area contributed by atoms with Crippen LogP contribution in [0, 0.1) is 0 Å². The van der Waals surface area contributed by atoms with Crippen LogP contribution in [0.2, 0.25) is 0 Å². The van der Waals surface area contributed by atoms with Gasteiger partial charge in [-0.1, -0.05) is 11.2 Å². The van der Waals surface area contributed by atoms with Crippen LogP contribution in [0.1, 0.15) is 27.7 Å². The van der Waals surface area contributed by atoms with E-state index in [-0.39, 0.29) is 18.3 Å². The van der Waals surface area contributed by atoms with Crippen molar-refractivity contribution in [2.24, 2.45) is 0 Å². The molecule has 1 N–H and O–H groups in total. The van der Waals surface area contributed by atoms with Crippen molar-refractivity contribution in [3.8, 4) is 0 Å². The van der Waals surface area contributed by atoms with Crippen molar-refractivity contribution >= 4 is 29.4 Å². The topological polar surface area (TPSA) is 56.5 Å². The molecule has 0 radical (unpaired) electrons. The Morgan fingerprint density at radius 1 is 1.10 bits per heavy atom. The first-order valence-corrected chi connectivity index (χ1v) is 6.77. The van der Waals surface area contributed by atoms with Gasteiger partial charge in [0.1, 0.15) is 0 Å². The second-order valence-corrected chi connectivity index (χ2v) is 6.13. The Labute approximate surface area is 118 Å². The second kappa shape index (κ2) is 4.23. The van der Waals surface area contributed by atoms with Gasteiger partial charge in [0.25, 0.3) is 0 Å². The first-order chi connectivity index (χ1) is 9.34. The van der Waals surface area contributed by atoms with Crippen LogP contribution >= 0.6 is 0 Å². The number of anilines is 1. The predicted octanol–water partition coefficient (Wildman–Crippen LogP) is 2.17. The third kappa shape index (κ3) is 1.91. The molecule has 0 atom stereocenters. The largest absolute Gasteiger partial charge is 0.494 e. The Balaban J connectivity index is 1.99. The molecule has 20 heavy (non-hydrogen) atoms. The maximum Gasteiger partial charge on any atom is 0.494 e. The third-order valence-electron chi connectivity index (χ3n) is 4.26. The van der Waals surface area contributed by atoms with E-state index in [1.807, 2.05) is 52.9 Å². The number of aromatic nitrogens is 1. The molecule has 1 aromatic carbocycles. The molecule has 0 saturated carbocycles. The van der Waals surface area contributed by atoms with Crippen LogP contribution in [0.25, 0.3) is 11.0 Å². The van der Waals surface area contributed by atoms with E-state index in [2.05, 4.69) is 10.5 Å². The van der Waals surface area contributed by atoms with Crippen molar-refractivity contribution in [3.05, 3.63) is 18.2 Å². The normalized spacial score (nSPS) is 20.6. The summed E-state index contributed by atoms with van der Waals surface area (Å²) in [5.41, 5.74) is 1.03. The van der Waals surface area contributed by atoms with Gasteiger partial charge >= 0.3 is 7.12 Å². The van der Waals surface area contributed by atoms with Gasteiger partial charge in [-0.25, -0.2) is 0 Å². The van der Waals surface area contributed by atoms with Gasteiger partial charge in [-0.2, -0.15) is 0 Å². The predicted molar refractivity (Wildman–Crippen MR) is 79.3 cm³/mol. The fourth-order valence-corrected chi connectivity index (χ4v) is 2.26. The zero-order chi connectivity index (χ0) is 14.5. The van der Waals surface area contributed by atoms with Crippen LogP contribution in [0.5, 0.6) is 0 Å². The summed E-state index contributed by atoms with van der Waals surface area (Å²) in [6, 6.07) is 5.85. The summed E-state index contributed by atoms with van der Waals surface area (Å²) in [5.74, 6) is 0.721. The second-order valence-electron chi connectivity index (χ2n) is 6.13. The molecule has 1 fully saturated rings. The lowest BCUT2D eigenvalue weighted by molar-refractivity contribution is 0.00578. The van der Waals surface area contributed by atoms with E-state index < -0.39 is 0 Å². The van der Waals surface area contributed by atoms with Crippen molar-refractivity contribution in [1.29, 1.82) is 0 Å². The van der Waals surface area contributed by atoms with Crippen LogP contribution < -0.4 is 10.8 Å². The van der Waals surface area contributed by atoms with Gasteiger partial charge in [-0.05, 0) is 45.3 Å². The third-order valence-corrected chi connectivity index (χ3v) is 4.26. The quantitative estimate of drug-likeness (QED) is 0.850. The molecular weight excluding hydrogens is 255 g/mol. The average Bonchev–Trinajstić information content (AvgIpc) is 2.87. The summed E-state index contributed by atoms with van der Waals surface area (Å²) < 4.78 is 17.4. The van der Waals surface area contributed by atoms with E-state index in [0.717, 1.165) is 22.2 Å². The van der Waals surface area contributed by atoms with Gasteiger partial charge in [0.2, 0.25) is 0 Å². The lowest BCUT2D eigenvalue weighted by Crippen LogP contribution is -2.41. The van der Waals surface area contributed by atoms with Crippen LogP contribution in [0.3, 0.4) is 0 Å². The molecule has 3 rings (SSSR count). The van der Waals surface area contributed by atoms with Crippen LogP contribution in [0.15, 0.2) is 22.7 Å². The molecule has 1 aliphatic heterocycles. The summed E-state index contributed by atoms with van der Waals surface area (Å²) in [4.78, 5) is 0. The maximum atomic E-state index is 6.06. The Kier molecular flexibility index (Phi) is 2.85. The number of benzene rings is 1. The van der Waals surface area contributed by atoms with Gasteiger partial charge in [0.15, 0.2) is 11.4 Å². The Bertz CT molecular complexity index is 635. The molecule has 0 unspecified atom stereocenters. The fraction of sp³-hybridized carbons (Fsp3) is 0.500. The van der Waals surface area contributed by atoms with Crippen molar-refractivity contribution < 1.29 is 13.8 Å². The zero-order valence-corrected chi connectivity index (χ0v) is 12.5. The van der Waals surface area contributed by atoms with E-state index in [1.165, 1.54) is 0 Å². The average molecular weight is 274 g/mol. The summed E-state index contributed by atoms with van der Waals surface area (Å²) in [6.07, 6.45) is 0. The highest BCUT2D eigenvalue weighted by molar-refractivity contribution is 6.62. The Hall–Kier alpha value is -1.53. The number of hydrogen-bond donors (Lipinski definition) is 1. The van der Waals surface area contributed by atoms with Crippen molar-refractivity contribution in [2.75, 3.05) is 12.4 Å². The number of fused-ring (bicyclic) bond motifs is 1. The zero-order valence-electron chi connectivity index (χ0n) is 12.5. The highest BCUT2D eigenvalue weighted by atomic mass is 16.7. The standard InChI is InChI=1S/C14H19BN2O3/c1-13(2)14(3,4)20-15(19-13)9-6-7-11-10(8-9)12(16-5)17-18-11/h6-8H,1-5H3,(H,16,17). The number of hydrogen-bond acceptors (Lipinski definition) is 5. The summed E-state index contributed by atoms with van der Waals surface area (Å²) in [5, 5.41) is 7.92. The molecule has 1 saturated heterocycles. The molecule has 2 aromatic rings. The Morgan fingerprint density at radius 3 is 2.35 bits per heavy atom. The summed E-state index contributed by atoms with van der Waals surface area (Å²) in [6.45, 7) is 8.18. The van der Waals surface area contributed by atoms with Gasteiger partial charge in [0, 0.05) is 7.05 Å². The molecule has 5 nitrogen and oxygen atoms in total. The minimum Gasteiger partial charge on any atom is -0.399 e. The first kappa shape index (κ1) is 13.5. The van der Waals surface area contributed by atoms with Crippen molar-refractivity contribution in [3.63, 3.8) is 0 Å². The van der Waals surface area contributed by atoms with Crippen molar-refractivity contribution in [1.82, 2.24) is 5.16 Å². The summed E-state index contributed by atoms with van der Waals surface area (Å²) in [7, 11) is 1.45. The van der Waals surface area contributed by atoms with Crippen LogP contribution in [0.4, 0.5) is 5.82 Å². The molecule has 0 amide bonds. The van der Waals surface area contributed by atoms with Crippen molar-refractivity contribution in [2.45, 2.75) is 38.9 Å². The van der Waals surface area contributed by atoms with E-state index in [0.29, 0.717) is 0 Å². The smallest absolute Gasteiger partial charge is 0.399 e. The minimum absolute atomic E-state index is 0.340. The molecule has 0 aliphatic carbocycles. The molecule has 106 valence electrons. The first-order valence-electron chi connectivity index (χ1n) is 6.77. The van der Waals surface area contributed by atoms with E-state index in [9.17, 15) is 0 Å². The molecule has 0 spiro atoms. The highest BCUT2D eigenvalue weighted by Crippen LogP contribution is 2.36. The number of nitrogens with zero attached hydrogens (tertiary/aromatic N) is 1.